The third kappa shape index (κ3) is 2.96. The maximum absolute atomic E-state index is 12.8. The Morgan fingerprint density at radius 1 is 1.14 bits per heavy atom. The van der Waals surface area contributed by atoms with Crippen molar-refractivity contribution in [1.82, 2.24) is 19.9 Å². The molecular weight excluding hydrogens is 397 g/mol. The largest absolute Gasteiger partial charge is 0.384 e. The van der Waals surface area contributed by atoms with Crippen LogP contribution in [0, 0.1) is 0 Å². The Labute approximate surface area is 170 Å². The average Bonchev–Trinajstić information content (AvgIpc) is 2.97. The number of hydrogen-bond acceptors (Lipinski definition) is 4. The van der Waals surface area contributed by atoms with Crippen molar-refractivity contribution in [2.24, 2.45) is 0 Å². The second kappa shape index (κ2) is 7.14. The lowest BCUT2D eigenvalue weighted by Crippen LogP contribution is -2.24. The van der Waals surface area contributed by atoms with Gasteiger partial charge in [0.2, 0.25) is 0 Å². The van der Waals surface area contributed by atoms with Crippen molar-refractivity contribution in [1.29, 1.82) is 0 Å². The van der Waals surface area contributed by atoms with Crippen molar-refractivity contribution in [3.63, 3.8) is 0 Å². The van der Waals surface area contributed by atoms with Gasteiger partial charge in [-0.3, -0.25) is 9.36 Å². The van der Waals surface area contributed by atoms with Crippen LogP contribution in [0.4, 0.5) is 5.82 Å². The fraction of sp³-hybridized carbons (Fsp3) is 0.0500. The van der Waals surface area contributed by atoms with Gasteiger partial charge in [0.15, 0.2) is 5.65 Å². The van der Waals surface area contributed by atoms with E-state index in [9.17, 15) is 4.79 Å². The number of benzene rings is 2. The number of carbonyl (C=O) groups is 1. The normalized spacial score (nSPS) is 11.1. The highest BCUT2D eigenvalue weighted by atomic mass is 35.5. The molecule has 0 aliphatic rings. The number of nitrogens with zero attached hydrogens (tertiary/aromatic N) is 3. The van der Waals surface area contributed by atoms with Gasteiger partial charge < -0.3 is 11.1 Å². The number of carbonyl (C=O) groups excluding carboxylic acids is 1. The fourth-order valence-corrected chi connectivity index (χ4v) is 3.32. The third-order valence-electron chi connectivity index (χ3n) is 4.29. The molecule has 28 heavy (non-hydrogen) atoms. The van der Waals surface area contributed by atoms with Crippen LogP contribution in [-0.2, 0) is 0 Å². The van der Waals surface area contributed by atoms with Crippen LogP contribution in [0.5, 0.6) is 0 Å². The molecule has 0 atom stereocenters. The van der Waals surface area contributed by atoms with E-state index >= 15 is 0 Å². The van der Waals surface area contributed by atoms with Crippen LogP contribution in [-0.4, -0.2) is 27.0 Å². The van der Waals surface area contributed by atoms with E-state index in [1.165, 1.54) is 0 Å². The fourth-order valence-electron chi connectivity index (χ4n) is 3.02. The number of amides is 1. The molecule has 0 fully saturated rings. The first-order valence-electron chi connectivity index (χ1n) is 8.42. The SMILES string of the molecule is C=CCNC(=O)c1c(N)n(-c2ccc(Cl)c(Cl)c2)c2nc3ccccc3nc12. The Kier molecular flexibility index (Phi) is 4.66. The van der Waals surface area contributed by atoms with Gasteiger partial charge in [0.25, 0.3) is 5.91 Å². The number of nitrogens with one attached hydrogen (secondary N) is 1. The molecule has 140 valence electrons. The quantitative estimate of drug-likeness (QED) is 0.487. The van der Waals surface area contributed by atoms with Gasteiger partial charge in [-0.05, 0) is 30.3 Å². The van der Waals surface area contributed by atoms with E-state index in [1.807, 2.05) is 24.3 Å². The second-order valence-electron chi connectivity index (χ2n) is 6.08. The van der Waals surface area contributed by atoms with E-state index in [-0.39, 0.29) is 17.3 Å². The number of para-hydroxylation sites is 2. The van der Waals surface area contributed by atoms with Crippen LogP contribution >= 0.6 is 23.2 Å². The molecule has 2 aromatic carbocycles. The van der Waals surface area contributed by atoms with Crippen molar-refractivity contribution in [3.8, 4) is 5.69 Å². The van der Waals surface area contributed by atoms with E-state index in [2.05, 4.69) is 16.9 Å². The topological polar surface area (TPSA) is 85.8 Å². The summed E-state index contributed by atoms with van der Waals surface area (Å²) in [5, 5.41) is 3.53. The number of aromatic nitrogens is 3. The minimum absolute atomic E-state index is 0.213. The van der Waals surface area contributed by atoms with Crippen LogP contribution in [0.15, 0.2) is 55.1 Å². The molecule has 8 heteroatoms. The number of anilines is 1. The Morgan fingerprint density at radius 3 is 2.54 bits per heavy atom. The predicted octanol–water partition coefficient (Wildman–Crippen LogP) is 4.38. The van der Waals surface area contributed by atoms with Crippen molar-refractivity contribution < 1.29 is 4.79 Å². The lowest BCUT2D eigenvalue weighted by atomic mass is 10.2. The smallest absolute Gasteiger partial charge is 0.257 e. The number of rotatable bonds is 4. The number of nitrogen functional groups attached to an aromatic ring is 1. The summed E-state index contributed by atoms with van der Waals surface area (Å²) in [6.45, 7) is 3.92. The van der Waals surface area contributed by atoms with Gasteiger partial charge in [-0.2, -0.15) is 0 Å². The molecule has 0 unspecified atom stereocenters. The molecule has 3 N–H and O–H groups in total. The lowest BCUT2D eigenvalue weighted by Gasteiger charge is -2.09. The molecule has 2 aromatic heterocycles. The van der Waals surface area contributed by atoms with E-state index in [0.717, 1.165) is 0 Å². The summed E-state index contributed by atoms with van der Waals surface area (Å²) in [7, 11) is 0. The first kappa shape index (κ1) is 18.3. The monoisotopic (exact) mass is 411 g/mol. The highest BCUT2D eigenvalue weighted by molar-refractivity contribution is 6.42. The summed E-state index contributed by atoms with van der Waals surface area (Å²) >= 11 is 12.2. The van der Waals surface area contributed by atoms with Gasteiger partial charge in [-0.15, -0.1) is 6.58 Å². The summed E-state index contributed by atoms with van der Waals surface area (Å²) < 4.78 is 1.65. The van der Waals surface area contributed by atoms with E-state index < -0.39 is 0 Å². The first-order valence-corrected chi connectivity index (χ1v) is 9.18. The van der Waals surface area contributed by atoms with Gasteiger partial charge in [0, 0.05) is 6.54 Å². The van der Waals surface area contributed by atoms with Gasteiger partial charge in [-0.1, -0.05) is 41.4 Å². The van der Waals surface area contributed by atoms with Gasteiger partial charge >= 0.3 is 0 Å². The highest BCUT2D eigenvalue weighted by Gasteiger charge is 2.24. The van der Waals surface area contributed by atoms with Crippen LogP contribution in [0.2, 0.25) is 10.0 Å². The molecule has 2 heterocycles. The summed E-state index contributed by atoms with van der Waals surface area (Å²) in [4.78, 5) is 22.1. The molecule has 0 bridgehead atoms. The summed E-state index contributed by atoms with van der Waals surface area (Å²) in [5.74, 6) is -0.143. The standard InChI is InChI=1S/C20H15Cl2N5O/c1-2-9-24-20(28)16-17-19(26-15-6-4-3-5-14(15)25-17)27(18(16)23)11-7-8-12(21)13(22)10-11/h2-8,10H,1,9,23H2,(H,24,28). The molecule has 1 amide bonds. The zero-order valence-corrected chi connectivity index (χ0v) is 16.1. The molecule has 0 aliphatic carbocycles. The number of nitrogens with two attached hydrogens (primary N) is 1. The zero-order valence-electron chi connectivity index (χ0n) is 14.6. The van der Waals surface area contributed by atoms with Gasteiger partial charge in [0.05, 0.1) is 26.8 Å². The van der Waals surface area contributed by atoms with Crippen LogP contribution in [0.3, 0.4) is 0 Å². The maximum Gasteiger partial charge on any atom is 0.257 e. The van der Waals surface area contributed by atoms with E-state index in [0.29, 0.717) is 44.5 Å². The minimum atomic E-state index is -0.356. The molecule has 0 saturated heterocycles. The molecule has 4 rings (SSSR count). The Morgan fingerprint density at radius 2 is 1.86 bits per heavy atom. The summed E-state index contributed by atoms with van der Waals surface area (Å²) in [6.07, 6.45) is 1.59. The van der Waals surface area contributed by atoms with Crippen molar-refractivity contribution in [2.45, 2.75) is 0 Å². The van der Waals surface area contributed by atoms with Gasteiger partial charge in [0.1, 0.15) is 16.9 Å². The molecule has 0 spiro atoms. The highest BCUT2D eigenvalue weighted by Crippen LogP contribution is 2.33. The molecule has 0 radical (unpaired) electrons. The van der Waals surface area contributed by atoms with Crippen molar-refractivity contribution in [2.75, 3.05) is 12.3 Å². The molecule has 0 saturated carbocycles. The van der Waals surface area contributed by atoms with E-state index in [4.69, 9.17) is 33.9 Å². The summed E-state index contributed by atoms with van der Waals surface area (Å²) in [6, 6.07) is 12.5. The predicted molar refractivity (Wildman–Crippen MR) is 113 cm³/mol. The molecule has 6 nitrogen and oxygen atoms in total. The Balaban J connectivity index is 2.06. The number of halogens is 2. The van der Waals surface area contributed by atoms with E-state index in [1.54, 1.807) is 28.8 Å². The molecule has 0 aliphatic heterocycles. The van der Waals surface area contributed by atoms with Crippen LogP contribution in [0.25, 0.3) is 27.9 Å². The number of hydrogen-bond donors (Lipinski definition) is 2. The molecule has 4 aromatic rings. The maximum atomic E-state index is 12.8. The number of fused-ring (bicyclic) bond motifs is 2. The average molecular weight is 412 g/mol. The lowest BCUT2D eigenvalue weighted by molar-refractivity contribution is 0.0960. The van der Waals surface area contributed by atoms with Crippen molar-refractivity contribution in [3.05, 3.63) is 70.7 Å². The summed E-state index contributed by atoms with van der Waals surface area (Å²) in [5.41, 5.74) is 9.49. The minimum Gasteiger partial charge on any atom is -0.384 e. The Hall–Kier alpha value is -3.09. The second-order valence-corrected chi connectivity index (χ2v) is 6.89. The van der Waals surface area contributed by atoms with Gasteiger partial charge in [-0.25, -0.2) is 9.97 Å². The molecular formula is C20H15Cl2N5O. The zero-order chi connectivity index (χ0) is 19.8. The first-order chi connectivity index (χ1) is 13.5. The van der Waals surface area contributed by atoms with Crippen LogP contribution < -0.4 is 11.1 Å². The van der Waals surface area contributed by atoms with Crippen LogP contribution in [0.1, 0.15) is 10.4 Å². The van der Waals surface area contributed by atoms with Crippen molar-refractivity contribution >= 4 is 57.1 Å². The third-order valence-corrected chi connectivity index (χ3v) is 5.03. The Bertz CT molecular complexity index is 1250.